The van der Waals surface area contributed by atoms with Gasteiger partial charge in [-0.15, -0.1) is 0 Å². The summed E-state index contributed by atoms with van der Waals surface area (Å²) in [5.41, 5.74) is 2.70. The molecule has 1 heterocycles. The molecule has 25 heavy (non-hydrogen) atoms. The molecule has 0 radical (unpaired) electrons. The molecular formula is C19H20BrFN2O2. The molecule has 0 aliphatic carbocycles. The Bertz CT molecular complexity index is 731. The van der Waals surface area contributed by atoms with E-state index >= 15 is 0 Å². The number of nitrogens with one attached hydrogen (secondary N) is 1. The maximum absolute atomic E-state index is 13.1. The Hall–Kier alpha value is -1.76. The standard InChI is InChI=1S/C19H20BrFN2O2/c20-18-11-16(21)5-6-17(18)19(24)22-12-14-1-3-15(4-2-14)13-23-7-9-25-10-8-23/h1-6,11H,7-10,12-13H2,(H,22,24). The van der Waals surface area contributed by atoms with E-state index in [2.05, 4.69) is 38.3 Å². The van der Waals surface area contributed by atoms with E-state index in [0.29, 0.717) is 16.6 Å². The number of carbonyl (C=O) groups is 1. The Morgan fingerprint density at radius 1 is 1.12 bits per heavy atom. The van der Waals surface area contributed by atoms with E-state index in [0.717, 1.165) is 38.4 Å². The lowest BCUT2D eigenvalue weighted by molar-refractivity contribution is 0.0342. The van der Waals surface area contributed by atoms with Crippen molar-refractivity contribution in [1.29, 1.82) is 0 Å². The maximum atomic E-state index is 13.1. The van der Waals surface area contributed by atoms with E-state index in [9.17, 15) is 9.18 Å². The molecule has 6 heteroatoms. The van der Waals surface area contributed by atoms with E-state index in [-0.39, 0.29) is 11.7 Å². The molecular weight excluding hydrogens is 387 g/mol. The van der Waals surface area contributed by atoms with Gasteiger partial charge < -0.3 is 10.1 Å². The lowest BCUT2D eigenvalue weighted by atomic mass is 10.1. The van der Waals surface area contributed by atoms with Crippen molar-refractivity contribution in [2.45, 2.75) is 13.1 Å². The van der Waals surface area contributed by atoms with Crippen LogP contribution < -0.4 is 5.32 Å². The average Bonchev–Trinajstić information content (AvgIpc) is 2.62. The third-order valence-electron chi connectivity index (χ3n) is 4.16. The highest BCUT2D eigenvalue weighted by Gasteiger charge is 2.12. The van der Waals surface area contributed by atoms with Gasteiger partial charge in [-0.1, -0.05) is 24.3 Å². The van der Waals surface area contributed by atoms with Crippen LogP contribution >= 0.6 is 15.9 Å². The average molecular weight is 407 g/mol. The quantitative estimate of drug-likeness (QED) is 0.827. The second-order valence-electron chi connectivity index (χ2n) is 6.01. The molecule has 0 bridgehead atoms. The van der Waals surface area contributed by atoms with Crippen LogP contribution in [-0.4, -0.2) is 37.1 Å². The zero-order chi connectivity index (χ0) is 17.6. The first-order valence-electron chi connectivity index (χ1n) is 8.23. The number of carbonyl (C=O) groups excluding carboxylic acids is 1. The first-order chi connectivity index (χ1) is 12.1. The second-order valence-corrected chi connectivity index (χ2v) is 6.87. The van der Waals surface area contributed by atoms with Crippen LogP contribution in [0.25, 0.3) is 0 Å². The number of nitrogens with zero attached hydrogens (tertiary/aromatic N) is 1. The minimum absolute atomic E-state index is 0.232. The van der Waals surface area contributed by atoms with E-state index in [4.69, 9.17) is 4.74 Å². The van der Waals surface area contributed by atoms with E-state index < -0.39 is 0 Å². The second kappa shape index (κ2) is 8.56. The zero-order valence-corrected chi connectivity index (χ0v) is 15.4. The molecule has 0 aromatic heterocycles. The molecule has 1 N–H and O–H groups in total. The van der Waals surface area contributed by atoms with E-state index in [1.807, 2.05) is 12.1 Å². The molecule has 1 fully saturated rings. The van der Waals surface area contributed by atoms with Gasteiger partial charge >= 0.3 is 0 Å². The third-order valence-corrected chi connectivity index (χ3v) is 4.82. The van der Waals surface area contributed by atoms with Crippen molar-refractivity contribution in [3.8, 4) is 0 Å². The van der Waals surface area contributed by atoms with Gasteiger partial charge in [-0.2, -0.15) is 0 Å². The fraction of sp³-hybridized carbons (Fsp3) is 0.316. The fourth-order valence-corrected chi connectivity index (χ4v) is 3.26. The molecule has 0 spiro atoms. The summed E-state index contributed by atoms with van der Waals surface area (Å²) in [7, 11) is 0. The summed E-state index contributed by atoms with van der Waals surface area (Å²) < 4.78 is 18.9. The Morgan fingerprint density at radius 2 is 1.80 bits per heavy atom. The minimum Gasteiger partial charge on any atom is -0.379 e. The summed E-state index contributed by atoms with van der Waals surface area (Å²) in [6.07, 6.45) is 0. The molecule has 1 aliphatic heterocycles. The maximum Gasteiger partial charge on any atom is 0.252 e. The van der Waals surface area contributed by atoms with Gasteiger partial charge in [-0.3, -0.25) is 9.69 Å². The van der Waals surface area contributed by atoms with Crippen molar-refractivity contribution >= 4 is 21.8 Å². The van der Waals surface area contributed by atoms with Gasteiger partial charge in [-0.25, -0.2) is 4.39 Å². The van der Waals surface area contributed by atoms with Gasteiger partial charge in [0.1, 0.15) is 5.82 Å². The SMILES string of the molecule is O=C(NCc1ccc(CN2CCOCC2)cc1)c1ccc(F)cc1Br. The van der Waals surface area contributed by atoms with Gasteiger partial charge in [0, 0.05) is 30.7 Å². The lowest BCUT2D eigenvalue weighted by Gasteiger charge is -2.26. The first-order valence-corrected chi connectivity index (χ1v) is 9.02. The molecule has 1 aliphatic rings. The van der Waals surface area contributed by atoms with Crippen LogP contribution in [0.4, 0.5) is 4.39 Å². The van der Waals surface area contributed by atoms with Crippen molar-refractivity contribution in [3.63, 3.8) is 0 Å². The Labute approximate surface area is 155 Å². The van der Waals surface area contributed by atoms with Crippen LogP contribution in [0, 0.1) is 5.82 Å². The van der Waals surface area contributed by atoms with E-state index in [1.54, 1.807) is 0 Å². The highest BCUT2D eigenvalue weighted by atomic mass is 79.9. The molecule has 1 amide bonds. The van der Waals surface area contributed by atoms with Crippen molar-refractivity contribution in [3.05, 3.63) is 69.4 Å². The van der Waals surface area contributed by atoms with Crippen molar-refractivity contribution < 1.29 is 13.9 Å². The number of ether oxygens (including phenoxy) is 1. The van der Waals surface area contributed by atoms with Crippen LogP contribution in [0.5, 0.6) is 0 Å². The molecule has 3 rings (SSSR count). The lowest BCUT2D eigenvalue weighted by Crippen LogP contribution is -2.35. The molecule has 1 saturated heterocycles. The van der Waals surface area contributed by atoms with Crippen LogP contribution in [0.3, 0.4) is 0 Å². The third kappa shape index (κ3) is 5.11. The van der Waals surface area contributed by atoms with Crippen LogP contribution in [0.2, 0.25) is 0 Å². The summed E-state index contributed by atoms with van der Waals surface area (Å²) in [5.74, 6) is -0.608. The topological polar surface area (TPSA) is 41.6 Å². The van der Waals surface area contributed by atoms with Crippen LogP contribution in [-0.2, 0) is 17.8 Å². The van der Waals surface area contributed by atoms with Gasteiger partial charge in [0.15, 0.2) is 0 Å². The monoisotopic (exact) mass is 406 g/mol. The van der Waals surface area contributed by atoms with E-state index in [1.165, 1.54) is 23.8 Å². The number of halogens is 2. The van der Waals surface area contributed by atoms with Gasteiger partial charge in [0.05, 0.1) is 18.8 Å². The predicted octanol–water partition coefficient (Wildman–Crippen LogP) is 3.35. The fourth-order valence-electron chi connectivity index (χ4n) is 2.73. The van der Waals surface area contributed by atoms with Gasteiger partial charge in [0.2, 0.25) is 0 Å². The Morgan fingerprint density at radius 3 is 2.48 bits per heavy atom. The number of morpholine rings is 1. The van der Waals surface area contributed by atoms with Crippen molar-refractivity contribution in [1.82, 2.24) is 10.2 Å². The van der Waals surface area contributed by atoms with Crippen LogP contribution in [0.1, 0.15) is 21.5 Å². The number of hydrogen-bond donors (Lipinski definition) is 1. The molecule has 0 atom stereocenters. The number of benzene rings is 2. The predicted molar refractivity (Wildman–Crippen MR) is 97.8 cm³/mol. The molecule has 2 aromatic rings. The summed E-state index contributed by atoms with van der Waals surface area (Å²) in [6.45, 7) is 4.86. The number of hydrogen-bond acceptors (Lipinski definition) is 3. The number of rotatable bonds is 5. The molecule has 4 nitrogen and oxygen atoms in total. The molecule has 0 unspecified atom stereocenters. The summed E-state index contributed by atoms with van der Waals surface area (Å²) in [5, 5.41) is 2.86. The summed E-state index contributed by atoms with van der Waals surface area (Å²) >= 11 is 3.22. The Kier molecular flexibility index (Phi) is 6.18. The summed E-state index contributed by atoms with van der Waals surface area (Å²) in [4.78, 5) is 14.6. The largest absolute Gasteiger partial charge is 0.379 e. The highest BCUT2D eigenvalue weighted by Crippen LogP contribution is 2.18. The van der Waals surface area contributed by atoms with Gasteiger partial charge in [0.25, 0.3) is 5.91 Å². The zero-order valence-electron chi connectivity index (χ0n) is 13.8. The molecule has 2 aromatic carbocycles. The number of amides is 1. The molecule has 132 valence electrons. The van der Waals surface area contributed by atoms with Crippen molar-refractivity contribution in [2.24, 2.45) is 0 Å². The van der Waals surface area contributed by atoms with Crippen molar-refractivity contribution in [2.75, 3.05) is 26.3 Å². The minimum atomic E-state index is -0.376. The first kappa shape index (κ1) is 18.0. The van der Waals surface area contributed by atoms with Crippen LogP contribution in [0.15, 0.2) is 46.9 Å². The summed E-state index contributed by atoms with van der Waals surface area (Å²) in [6, 6.07) is 12.3. The molecule has 0 saturated carbocycles. The normalized spacial score (nSPS) is 15.1. The smallest absolute Gasteiger partial charge is 0.252 e. The highest BCUT2D eigenvalue weighted by molar-refractivity contribution is 9.10. The van der Waals surface area contributed by atoms with Gasteiger partial charge in [-0.05, 0) is 45.3 Å². The Balaban J connectivity index is 1.53.